The second kappa shape index (κ2) is 13.3. The molecule has 0 N–H and O–H groups in total. The van der Waals surface area contributed by atoms with Gasteiger partial charge < -0.3 is 9.53 Å². The molecule has 0 radical (unpaired) electrons. The van der Waals surface area contributed by atoms with Crippen LogP contribution in [0.4, 0.5) is 0 Å². The highest BCUT2D eigenvalue weighted by Crippen LogP contribution is 2.31. The average molecular weight is 437 g/mol. The summed E-state index contributed by atoms with van der Waals surface area (Å²) in [5.74, 6) is 0.365. The van der Waals surface area contributed by atoms with E-state index < -0.39 is 5.41 Å². The van der Waals surface area contributed by atoms with Crippen LogP contribution in [0, 0.1) is 0 Å². The van der Waals surface area contributed by atoms with Gasteiger partial charge in [-0.2, -0.15) is 0 Å². The van der Waals surface area contributed by atoms with E-state index in [1.54, 1.807) is 7.11 Å². The highest BCUT2D eigenvalue weighted by Gasteiger charge is 2.26. The third-order valence-corrected chi connectivity index (χ3v) is 6.79. The summed E-state index contributed by atoms with van der Waals surface area (Å²) in [5.41, 5.74) is 1.59. The van der Waals surface area contributed by atoms with Gasteiger partial charge in [-0.1, -0.05) is 86.3 Å². The van der Waals surface area contributed by atoms with Gasteiger partial charge in [-0.3, -0.25) is 4.79 Å². The number of hydrogen-bond acceptors (Lipinski definition) is 3. The van der Waals surface area contributed by atoms with Gasteiger partial charge in [0, 0.05) is 25.4 Å². The number of hydrogen-bond donors (Lipinski definition) is 0. The molecule has 0 aliphatic rings. The van der Waals surface area contributed by atoms with Gasteiger partial charge in [0.25, 0.3) is 0 Å². The number of ether oxygens (including phenoxy) is 1. The van der Waals surface area contributed by atoms with Crippen LogP contribution in [0.2, 0.25) is 0 Å². The molecule has 2 aromatic carbocycles. The van der Waals surface area contributed by atoms with Gasteiger partial charge in [-0.15, -0.1) is 0 Å². The van der Waals surface area contributed by atoms with Crippen molar-refractivity contribution in [3.8, 4) is 0 Å². The number of unbranched alkanes of at least 4 members (excludes halogenated alkanes) is 4. The normalized spacial score (nSPS) is 15.0. The molecule has 0 saturated heterocycles. The summed E-state index contributed by atoms with van der Waals surface area (Å²) >= 11 is 0. The Balaban J connectivity index is 1.58. The minimum atomic E-state index is -0.429. The molecule has 2 atom stereocenters. The second-order valence-electron chi connectivity index (χ2n) is 9.36. The fourth-order valence-corrected chi connectivity index (χ4v) is 4.32. The highest BCUT2D eigenvalue weighted by atomic mass is 16.5. The first-order valence-corrected chi connectivity index (χ1v) is 12.1. The molecule has 0 heterocycles. The van der Waals surface area contributed by atoms with E-state index >= 15 is 0 Å². The maximum Gasteiger partial charge on any atom is 0.132 e. The molecule has 2 unspecified atom stereocenters. The van der Waals surface area contributed by atoms with Crippen LogP contribution in [0.25, 0.3) is 0 Å². The zero-order valence-corrected chi connectivity index (χ0v) is 20.1. The Hall–Kier alpha value is -2.26. The third-order valence-electron chi connectivity index (χ3n) is 6.79. The van der Waals surface area contributed by atoms with Crippen LogP contribution in [0.5, 0.6) is 0 Å². The van der Waals surface area contributed by atoms with E-state index in [1.807, 2.05) is 55.5 Å². The summed E-state index contributed by atoms with van der Waals surface area (Å²) < 4.78 is 5.80. The van der Waals surface area contributed by atoms with Crippen molar-refractivity contribution in [2.45, 2.75) is 89.1 Å². The van der Waals surface area contributed by atoms with Crippen molar-refractivity contribution in [1.82, 2.24) is 0 Å². The van der Waals surface area contributed by atoms with Crippen LogP contribution in [-0.4, -0.2) is 19.2 Å². The predicted octanol–water partition coefficient (Wildman–Crippen LogP) is 7.18. The molecule has 32 heavy (non-hydrogen) atoms. The smallest absolute Gasteiger partial charge is 0.132 e. The topological polar surface area (TPSA) is 43.4 Å². The van der Waals surface area contributed by atoms with Gasteiger partial charge in [0.05, 0.1) is 5.60 Å². The highest BCUT2D eigenvalue weighted by molar-refractivity contribution is 5.78. The number of benzene rings is 2. The standard InChI is InChI=1S/C29H40O3/c1-28(24-30,25-16-8-4-9-17-25)22-14-6-12-20-27(31)21-13-7-15-23-29(2,32-3)26-18-10-5-11-19-26/h4-5,8-11,16-19,24H,6-7,12-15,20-23H2,1-3H3. The van der Waals surface area contributed by atoms with Gasteiger partial charge in [0.15, 0.2) is 0 Å². The number of rotatable bonds is 16. The Morgan fingerprint density at radius 2 is 1.25 bits per heavy atom. The number of aldehydes is 1. The molecular formula is C29H40O3. The molecule has 0 aliphatic carbocycles. The van der Waals surface area contributed by atoms with E-state index in [-0.39, 0.29) is 5.60 Å². The van der Waals surface area contributed by atoms with Crippen molar-refractivity contribution in [2.75, 3.05) is 7.11 Å². The molecule has 0 saturated carbocycles. The minimum Gasteiger partial charge on any atom is -0.374 e. The van der Waals surface area contributed by atoms with E-state index in [9.17, 15) is 9.59 Å². The molecule has 0 bridgehead atoms. The second-order valence-corrected chi connectivity index (χ2v) is 9.36. The lowest BCUT2D eigenvalue weighted by molar-refractivity contribution is -0.119. The molecule has 0 aromatic heterocycles. The first-order chi connectivity index (χ1) is 15.4. The first-order valence-electron chi connectivity index (χ1n) is 12.1. The van der Waals surface area contributed by atoms with E-state index in [1.165, 1.54) is 5.56 Å². The van der Waals surface area contributed by atoms with Crippen molar-refractivity contribution in [3.05, 3.63) is 71.8 Å². The number of ketones is 1. The predicted molar refractivity (Wildman–Crippen MR) is 132 cm³/mol. The SMILES string of the molecule is COC(C)(CCCCCC(=O)CCCCCC(C)(C=O)c1ccccc1)c1ccccc1. The summed E-state index contributed by atoms with van der Waals surface area (Å²) in [6, 6.07) is 20.3. The van der Waals surface area contributed by atoms with Crippen molar-refractivity contribution in [3.63, 3.8) is 0 Å². The van der Waals surface area contributed by atoms with Gasteiger partial charge in [0.2, 0.25) is 0 Å². The number of carbonyl (C=O) groups excluding carboxylic acids is 2. The molecule has 174 valence electrons. The van der Waals surface area contributed by atoms with Crippen molar-refractivity contribution >= 4 is 12.1 Å². The maximum absolute atomic E-state index is 12.2. The van der Waals surface area contributed by atoms with E-state index in [4.69, 9.17) is 4.74 Å². The lowest BCUT2D eigenvalue weighted by atomic mass is 9.79. The van der Waals surface area contributed by atoms with Crippen LogP contribution in [0.15, 0.2) is 60.7 Å². The Kier molecular flexibility index (Phi) is 10.8. The monoisotopic (exact) mass is 436 g/mol. The van der Waals surface area contributed by atoms with E-state index in [0.29, 0.717) is 18.6 Å². The molecule has 0 amide bonds. The van der Waals surface area contributed by atoms with Gasteiger partial charge in [-0.25, -0.2) is 0 Å². The lowest BCUT2D eigenvalue weighted by Crippen LogP contribution is -2.24. The van der Waals surface area contributed by atoms with Crippen molar-refractivity contribution in [2.24, 2.45) is 0 Å². The van der Waals surface area contributed by atoms with Gasteiger partial charge in [0.1, 0.15) is 12.1 Å². The van der Waals surface area contributed by atoms with Crippen LogP contribution in [-0.2, 0) is 25.3 Å². The molecule has 3 nitrogen and oxygen atoms in total. The number of carbonyl (C=O) groups is 2. The zero-order chi connectivity index (χ0) is 23.3. The number of Topliss-reactive ketones (excluding diaryl/α,β-unsaturated/α-hetero) is 1. The fourth-order valence-electron chi connectivity index (χ4n) is 4.32. The summed E-state index contributed by atoms with van der Waals surface area (Å²) in [6.45, 7) is 4.15. The Labute approximate surface area is 194 Å². The number of methoxy groups -OCH3 is 1. The van der Waals surface area contributed by atoms with Crippen molar-refractivity contribution in [1.29, 1.82) is 0 Å². The Bertz CT molecular complexity index is 802. The molecule has 0 fully saturated rings. The molecule has 2 rings (SSSR count). The quantitative estimate of drug-likeness (QED) is 0.207. The molecule has 3 heteroatoms. The van der Waals surface area contributed by atoms with Crippen molar-refractivity contribution < 1.29 is 14.3 Å². The summed E-state index contributed by atoms with van der Waals surface area (Å²) in [7, 11) is 1.77. The van der Waals surface area contributed by atoms with Crippen LogP contribution >= 0.6 is 0 Å². The van der Waals surface area contributed by atoms with E-state index in [0.717, 1.165) is 63.2 Å². The van der Waals surface area contributed by atoms with Crippen LogP contribution < -0.4 is 0 Å². The Morgan fingerprint density at radius 1 is 0.750 bits per heavy atom. The van der Waals surface area contributed by atoms with Gasteiger partial charge in [-0.05, 0) is 50.7 Å². The molecule has 0 aliphatic heterocycles. The van der Waals surface area contributed by atoms with Crippen LogP contribution in [0.1, 0.15) is 89.2 Å². The molecule has 2 aromatic rings. The summed E-state index contributed by atoms with van der Waals surface area (Å²) in [5, 5.41) is 0. The summed E-state index contributed by atoms with van der Waals surface area (Å²) in [4.78, 5) is 23.9. The van der Waals surface area contributed by atoms with Gasteiger partial charge >= 0.3 is 0 Å². The summed E-state index contributed by atoms with van der Waals surface area (Å²) in [6.07, 6.45) is 10.1. The zero-order valence-electron chi connectivity index (χ0n) is 20.1. The third kappa shape index (κ3) is 8.02. The van der Waals surface area contributed by atoms with E-state index in [2.05, 4.69) is 19.1 Å². The average Bonchev–Trinajstić information content (AvgIpc) is 2.84. The van der Waals surface area contributed by atoms with Crippen LogP contribution in [0.3, 0.4) is 0 Å². The minimum absolute atomic E-state index is 0.263. The Morgan fingerprint density at radius 3 is 1.75 bits per heavy atom. The molecular weight excluding hydrogens is 396 g/mol. The fraction of sp³-hybridized carbons (Fsp3) is 0.517. The first kappa shape index (κ1) is 26.0. The maximum atomic E-state index is 12.2. The molecule has 0 spiro atoms. The lowest BCUT2D eigenvalue weighted by Gasteiger charge is -2.28. The largest absolute Gasteiger partial charge is 0.374 e.